The quantitative estimate of drug-likeness (QED) is 0.645. The fourth-order valence-electron chi connectivity index (χ4n) is 3.40. The Morgan fingerprint density at radius 3 is 2.45 bits per heavy atom. The van der Waals surface area contributed by atoms with Crippen LogP contribution >= 0.6 is 0 Å². The van der Waals surface area contributed by atoms with Gasteiger partial charge in [-0.05, 0) is 50.2 Å². The van der Waals surface area contributed by atoms with Gasteiger partial charge < -0.3 is 9.64 Å². The summed E-state index contributed by atoms with van der Waals surface area (Å²) in [6.07, 6.45) is 0.287. The highest BCUT2D eigenvalue weighted by molar-refractivity contribution is 5.70. The van der Waals surface area contributed by atoms with Crippen LogP contribution in [0.5, 0.6) is 5.75 Å². The normalized spacial score (nSPS) is 15.7. The Morgan fingerprint density at radius 2 is 1.76 bits per heavy atom. The minimum Gasteiger partial charge on any atom is -0.406 e. The third-order valence-corrected chi connectivity index (χ3v) is 4.85. The molecule has 2 aromatic heterocycles. The van der Waals surface area contributed by atoms with Crippen LogP contribution in [0.3, 0.4) is 0 Å². The SMILES string of the molecule is O=c1c2nnn(-c3ccc(OC(F)(F)F)cc3)c2ncn1CCN1CCCCC1. The number of piperidine rings is 1. The van der Waals surface area contributed by atoms with Crippen LogP contribution in [0.4, 0.5) is 13.2 Å². The van der Waals surface area contributed by atoms with E-state index < -0.39 is 6.36 Å². The van der Waals surface area contributed by atoms with Crippen LogP contribution in [0.25, 0.3) is 16.9 Å². The molecule has 3 heterocycles. The van der Waals surface area contributed by atoms with E-state index in [1.807, 2.05) is 0 Å². The molecule has 0 radical (unpaired) electrons. The summed E-state index contributed by atoms with van der Waals surface area (Å²) in [5.41, 5.74) is 0.478. The van der Waals surface area contributed by atoms with Crippen LogP contribution in [0.2, 0.25) is 0 Å². The highest BCUT2D eigenvalue weighted by atomic mass is 19.4. The molecular weight excluding hydrogens is 389 g/mol. The van der Waals surface area contributed by atoms with E-state index in [1.165, 1.54) is 47.0 Å². The van der Waals surface area contributed by atoms with Crippen molar-refractivity contribution in [2.24, 2.45) is 0 Å². The predicted octanol–water partition coefficient (Wildman–Crippen LogP) is 2.36. The molecule has 8 nitrogen and oxygen atoms in total. The molecule has 0 N–H and O–H groups in total. The van der Waals surface area contributed by atoms with Crippen LogP contribution in [0, 0.1) is 0 Å². The van der Waals surface area contributed by atoms with E-state index in [0.29, 0.717) is 12.2 Å². The molecule has 154 valence electrons. The zero-order valence-corrected chi connectivity index (χ0v) is 15.5. The fraction of sp³-hybridized carbons (Fsp3) is 0.444. The van der Waals surface area contributed by atoms with Crippen molar-refractivity contribution in [3.8, 4) is 11.4 Å². The van der Waals surface area contributed by atoms with E-state index >= 15 is 0 Å². The number of aromatic nitrogens is 5. The zero-order chi connectivity index (χ0) is 20.4. The largest absolute Gasteiger partial charge is 0.573 e. The average Bonchev–Trinajstić information content (AvgIpc) is 3.13. The number of hydrogen-bond acceptors (Lipinski definition) is 6. The van der Waals surface area contributed by atoms with Crippen molar-refractivity contribution < 1.29 is 17.9 Å². The smallest absolute Gasteiger partial charge is 0.406 e. The first-order valence-electron chi connectivity index (χ1n) is 9.30. The van der Waals surface area contributed by atoms with Crippen LogP contribution in [0.1, 0.15) is 19.3 Å². The molecule has 0 bridgehead atoms. The second-order valence-corrected chi connectivity index (χ2v) is 6.86. The van der Waals surface area contributed by atoms with Gasteiger partial charge in [-0.25, -0.2) is 4.98 Å². The highest BCUT2D eigenvalue weighted by Gasteiger charge is 2.31. The lowest BCUT2D eigenvalue weighted by molar-refractivity contribution is -0.274. The molecule has 0 unspecified atom stereocenters. The Bertz CT molecular complexity index is 1040. The summed E-state index contributed by atoms with van der Waals surface area (Å²) >= 11 is 0. The molecule has 1 aromatic carbocycles. The molecular formula is C18H19F3N6O2. The predicted molar refractivity (Wildman–Crippen MR) is 97.9 cm³/mol. The number of nitrogens with zero attached hydrogens (tertiary/aromatic N) is 6. The maximum Gasteiger partial charge on any atom is 0.573 e. The lowest BCUT2D eigenvalue weighted by Gasteiger charge is -2.26. The molecule has 11 heteroatoms. The molecule has 0 amide bonds. The lowest BCUT2D eigenvalue weighted by Crippen LogP contribution is -2.34. The van der Waals surface area contributed by atoms with Crippen molar-refractivity contribution in [1.29, 1.82) is 0 Å². The maximum absolute atomic E-state index is 12.7. The Labute approximate surface area is 163 Å². The minimum atomic E-state index is -4.76. The van der Waals surface area contributed by atoms with Gasteiger partial charge in [0.05, 0.1) is 5.69 Å². The molecule has 0 atom stereocenters. The summed E-state index contributed by atoms with van der Waals surface area (Å²) in [5, 5.41) is 7.86. The van der Waals surface area contributed by atoms with E-state index in [2.05, 4.69) is 24.9 Å². The van der Waals surface area contributed by atoms with Crippen LogP contribution in [-0.2, 0) is 6.54 Å². The lowest BCUT2D eigenvalue weighted by atomic mass is 10.1. The van der Waals surface area contributed by atoms with Crippen molar-refractivity contribution in [3.05, 3.63) is 40.9 Å². The topological polar surface area (TPSA) is 78.1 Å². The number of hydrogen-bond donors (Lipinski definition) is 0. The van der Waals surface area contributed by atoms with Crippen molar-refractivity contribution in [2.75, 3.05) is 19.6 Å². The first-order chi connectivity index (χ1) is 13.9. The van der Waals surface area contributed by atoms with Gasteiger partial charge >= 0.3 is 6.36 Å². The number of halogens is 3. The highest BCUT2D eigenvalue weighted by Crippen LogP contribution is 2.24. The first kappa shape index (κ1) is 19.4. The number of likely N-dealkylation sites (tertiary alicyclic amines) is 1. The van der Waals surface area contributed by atoms with E-state index in [-0.39, 0.29) is 22.5 Å². The average molecular weight is 408 g/mol. The van der Waals surface area contributed by atoms with Crippen molar-refractivity contribution in [2.45, 2.75) is 32.2 Å². The van der Waals surface area contributed by atoms with Gasteiger partial charge in [0.15, 0.2) is 11.2 Å². The van der Waals surface area contributed by atoms with E-state index in [1.54, 1.807) is 0 Å². The maximum atomic E-state index is 12.7. The number of ether oxygens (including phenoxy) is 1. The third-order valence-electron chi connectivity index (χ3n) is 4.85. The van der Waals surface area contributed by atoms with Crippen molar-refractivity contribution >= 4 is 11.2 Å². The summed E-state index contributed by atoms with van der Waals surface area (Å²) in [6, 6.07) is 5.10. The molecule has 1 aliphatic rings. The Balaban J connectivity index is 1.54. The number of alkyl halides is 3. The summed E-state index contributed by atoms with van der Waals surface area (Å²) in [5.74, 6) is -0.348. The molecule has 4 rings (SSSR count). The van der Waals surface area contributed by atoms with Gasteiger partial charge in [0.25, 0.3) is 5.56 Å². The molecule has 3 aromatic rings. The van der Waals surface area contributed by atoms with Gasteiger partial charge in [0.2, 0.25) is 0 Å². The van der Waals surface area contributed by atoms with E-state index in [9.17, 15) is 18.0 Å². The van der Waals surface area contributed by atoms with Crippen molar-refractivity contribution in [3.63, 3.8) is 0 Å². The van der Waals surface area contributed by atoms with E-state index in [0.717, 1.165) is 31.8 Å². The van der Waals surface area contributed by atoms with Gasteiger partial charge in [0, 0.05) is 13.1 Å². The molecule has 1 aliphatic heterocycles. The van der Waals surface area contributed by atoms with E-state index in [4.69, 9.17) is 0 Å². The van der Waals surface area contributed by atoms with Crippen LogP contribution in [0.15, 0.2) is 35.4 Å². The summed E-state index contributed by atoms with van der Waals surface area (Å²) in [4.78, 5) is 19.3. The Hall–Kier alpha value is -2.95. The molecule has 0 saturated carbocycles. The van der Waals surface area contributed by atoms with Crippen LogP contribution in [-0.4, -0.2) is 55.4 Å². The van der Waals surface area contributed by atoms with Gasteiger partial charge in [-0.1, -0.05) is 11.6 Å². The molecule has 0 aliphatic carbocycles. The molecule has 0 spiro atoms. The standard InChI is InChI=1S/C18H19F3N6O2/c19-18(20,21)29-14-6-4-13(5-7-14)27-16-15(23-24-27)17(28)26(12-22-16)11-10-25-8-2-1-3-9-25/h4-7,12H,1-3,8-11H2. The zero-order valence-electron chi connectivity index (χ0n) is 15.5. The van der Waals surface area contributed by atoms with Gasteiger partial charge in [0.1, 0.15) is 12.1 Å². The molecule has 29 heavy (non-hydrogen) atoms. The number of benzene rings is 1. The second-order valence-electron chi connectivity index (χ2n) is 6.86. The summed E-state index contributed by atoms with van der Waals surface area (Å²) < 4.78 is 43.5. The first-order valence-corrected chi connectivity index (χ1v) is 9.30. The van der Waals surface area contributed by atoms with Crippen molar-refractivity contribution in [1.82, 2.24) is 29.4 Å². The molecule has 1 saturated heterocycles. The van der Waals surface area contributed by atoms with Gasteiger partial charge in [-0.3, -0.25) is 9.36 Å². The summed E-state index contributed by atoms with van der Waals surface area (Å²) in [7, 11) is 0. The monoisotopic (exact) mass is 408 g/mol. The van der Waals surface area contributed by atoms with Crippen LogP contribution < -0.4 is 10.3 Å². The fourth-order valence-corrected chi connectivity index (χ4v) is 3.40. The Kier molecular flexibility index (Phi) is 5.22. The number of rotatable bonds is 5. The summed E-state index contributed by atoms with van der Waals surface area (Å²) in [6.45, 7) is 3.35. The van der Waals surface area contributed by atoms with Gasteiger partial charge in [-0.15, -0.1) is 18.3 Å². The molecule has 1 fully saturated rings. The second kappa shape index (κ2) is 7.82. The Morgan fingerprint density at radius 1 is 1.03 bits per heavy atom. The number of fused-ring (bicyclic) bond motifs is 1. The minimum absolute atomic E-state index is 0.113. The third kappa shape index (κ3) is 4.39. The van der Waals surface area contributed by atoms with Gasteiger partial charge in [-0.2, -0.15) is 4.68 Å².